The molecule has 4 aromatic rings. The van der Waals surface area contributed by atoms with Crippen LogP contribution in [0.2, 0.25) is 0 Å². The Bertz CT molecular complexity index is 1160. The highest BCUT2D eigenvalue weighted by atomic mass is 16.3. The number of benzene rings is 2. The van der Waals surface area contributed by atoms with Crippen LogP contribution in [0.4, 0.5) is 0 Å². The molecule has 31 heavy (non-hydrogen) atoms. The van der Waals surface area contributed by atoms with Crippen molar-refractivity contribution < 1.29 is 9.21 Å². The van der Waals surface area contributed by atoms with E-state index in [1.165, 1.54) is 0 Å². The average Bonchev–Trinajstić information content (AvgIpc) is 3.31. The first-order chi connectivity index (χ1) is 14.9. The summed E-state index contributed by atoms with van der Waals surface area (Å²) in [7, 11) is 1.95. The maximum atomic E-state index is 12.6. The van der Waals surface area contributed by atoms with Gasteiger partial charge in [-0.2, -0.15) is 5.10 Å². The minimum absolute atomic E-state index is 0.0405. The van der Waals surface area contributed by atoms with Gasteiger partial charge in [0.25, 0.3) is 0 Å². The van der Waals surface area contributed by atoms with Crippen LogP contribution in [0, 0.1) is 13.8 Å². The number of aromatic nitrogens is 2. The zero-order valence-corrected chi connectivity index (χ0v) is 18.4. The summed E-state index contributed by atoms with van der Waals surface area (Å²) in [4.78, 5) is 14.6. The molecule has 0 aliphatic carbocycles. The minimum Gasteiger partial charge on any atom is -0.459 e. The molecule has 0 bridgehead atoms. The topological polar surface area (TPSA) is 63.3 Å². The van der Waals surface area contributed by atoms with E-state index >= 15 is 0 Å². The van der Waals surface area contributed by atoms with E-state index in [2.05, 4.69) is 12.2 Å². The lowest BCUT2D eigenvalue weighted by atomic mass is 10.2. The zero-order chi connectivity index (χ0) is 22.0. The predicted molar refractivity (Wildman–Crippen MR) is 122 cm³/mol. The van der Waals surface area contributed by atoms with Gasteiger partial charge in [0.15, 0.2) is 0 Å². The van der Waals surface area contributed by atoms with E-state index in [0.29, 0.717) is 13.1 Å². The first kappa shape index (κ1) is 20.9. The number of furan rings is 1. The predicted octanol–water partition coefficient (Wildman–Crippen LogP) is 4.54. The smallest absolute Gasteiger partial charge is 0.234 e. The first-order valence-electron chi connectivity index (χ1n) is 10.5. The van der Waals surface area contributed by atoms with Crippen molar-refractivity contribution in [3.05, 3.63) is 83.4 Å². The Morgan fingerprint density at radius 3 is 2.58 bits per heavy atom. The van der Waals surface area contributed by atoms with Crippen LogP contribution >= 0.6 is 0 Å². The highest BCUT2D eigenvalue weighted by Crippen LogP contribution is 2.23. The van der Waals surface area contributed by atoms with Gasteiger partial charge in [0.2, 0.25) is 5.91 Å². The summed E-state index contributed by atoms with van der Waals surface area (Å²) in [5.74, 6) is 0.717. The van der Waals surface area contributed by atoms with Gasteiger partial charge >= 0.3 is 0 Å². The summed E-state index contributed by atoms with van der Waals surface area (Å²) in [5.41, 5.74) is 5.08. The Kier molecular flexibility index (Phi) is 5.91. The summed E-state index contributed by atoms with van der Waals surface area (Å²) in [5, 5.41) is 8.78. The summed E-state index contributed by atoms with van der Waals surface area (Å²) < 4.78 is 7.83. The molecular weight excluding hydrogens is 388 g/mol. The van der Waals surface area contributed by atoms with E-state index in [4.69, 9.17) is 9.52 Å². The Labute approximate surface area is 182 Å². The molecule has 0 aliphatic rings. The molecule has 0 fully saturated rings. The first-order valence-corrected chi connectivity index (χ1v) is 10.5. The number of fused-ring (bicyclic) bond motifs is 1. The molecule has 1 N–H and O–H groups in total. The third kappa shape index (κ3) is 4.54. The average molecular weight is 417 g/mol. The zero-order valence-electron chi connectivity index (χ0n) is 18.4. The third-order valence-corrected chi connectivity index (χ3v) is 5.53. The molecular formula is C25H28N4O2. The Balaban J connectivity index is 1.39. The summed E-state index contributed by atoms with van der Waals surface area (Å²) in [6.07, 6.45) is 0. The Morgan fingerprint density at radius 1 is 1.13 bits per heavy atom. The molecule has 4 rings (SSSR count). The molecule has 0 spiro atoms. The van der Waals surface area contributed by atoms with Gasteiger partial charge in [-0.05, 0) is 52.1 Å². The van der Waals surface area contributed by atoms with Gasteiger partial charge in [-0.25, -0.2) is 4.68 Å². The van der Waals surface area contributed by atoms with Crippen molar-refractivity contribution in [3.8, 4) is 5.69 Å². The van der Waals surface area contributed by atoms with Gasteiger partial charge in [-0.1, -0.05) is 36.4 Å². The highest BCUT2D eigenvalue weighted by molar-refractivity contribution is 5.80. The number of nitrogens with zero attached hydrogens (tertiary/aromatic N) is 3. The van der Waals surface area contributed by atoms with E-state index in [1.54, 1.807) is 0 Å². The van der Waals surface area contributed by atoms with Crippen LogP contribution in [0.25, 0.3) is 16.7 Å². The summed E-state index contributed by atoms with van der Waals surface area (Å²) in [6, 6.07) is 19.7. The maximum Gasteiger partial charge on any atom is 0.234 e. The molecule has 0 saturated carbocycles. The van der Waals surface area contributed by atoms with Crippen molar-refractivity contribution in [2.75, 3.05) is 13.6 Å². The molecule has 1 amide bonds. The second-order valence-electron chi connectivity index (χ2n) is 8.04. The van der Waals surface area contributed by atoms with E-state index in [0.717, 1.165) is 39.4 Å². The van der Waals surface area contributed by atoms with Crippen molar-refractivity contribution in [2.24, 2.45) is 0 Å². The SMILES string of the molecule is Cc1nn(-c2ccccc2)c(C)c1CN(C)CC(=O)N[C@@H](C)c1cc2ccccc2o1. The van der Waals surface area contributed by atoms with Crippen LogP contribution in [0.1, 0.15) is 35.7 Å². The lowest BCUT2D eigenvalue weighted by molar-refractivity contribution is -0.122. The van der Waals surface area contributed by atoms with Gasteiger partial charge in [0.1, 0.15) is 11.3 Å². The van der Waals surface area contributed by atoms with Gasteiger partial charge in [0.05, 0.1) is 24.0 Å². The number of carbonyl (C=O) groups excluding carboxylic acids is 1. The molecule has 2 heterocycles. The number of aryl methyl sites for hydroxylation is 1. The second kappa shape index (κ2) is 8.78. The van der Waals surface area contributed by atoms with Gasteiger partial charge in [0, 0.05) is 23.2 Å². The molecule has 6 nitrogen and oxygen atoms in total. The summed E-state index contributed by atoms with van der Waals surface area (Å²) >= 11 is 0. The molecule has 1 atom stereocenters. The molecule has 2 aromatic heterocycles. The molecule has 0 radical (unpaired) electrons. The Hall–Kier alpha value is -3.38. The van der Waals surface area contributed by atoms with E-state index in [9.17, 15) is 4.79 Å². The van der Waals surface area contributed by atoms with Crippen molar-refractivity contribution in [1.82, 2.24) is 20.0 Å². The molecule has 0 unspecified atom stereocenters. The molecule has 2 aromatic carbocycles. The largest absolute Gasteiger partial charge is 0.459 e. The van der Waals surface area contributed by atoms with Crippen molar-refractivity contribution in [1.29, 1.82) is 0 Å². The minimum atomic E-state index is -0.197. The number of para-hydroxylation sites is 2. The lowest BCUT2D eigenvalue weighted by Gasteiger charge is -2.18. The van der Waals surface area contributed by atoms with Gasteiger partial charge in [-0.3, -0.25) is 9.69 Å². The number of hydrogen-bond donors (Lipinski definition) is 1. The Morgan fingerprint density at radius 2 is 1.84 bits per heavy atom. The quantitative estimate of drug-likeness (QED) is 0.480. The number of amides is 1. The van der Waals surface area contributed by atoms with Crippen molar-refractivity contribution in [3.63, 3.8) is 0 Å². The van der Waals surface area contributed by atoms with E-state index in [1.807, 2.05) is 91.1 Å². The standard InChI is InChI=1S/C25H28N4O2/c1-17-22(19(3)29(27-17)21-11-6-5-7-12-21)15-28(4)16-25(30)26-18(2)24-14-20-10-8-9-13-23(20)31-24/h5-14,18H,15-16H2,1-4H3,(H,26,30)/t18-/m0/s1. The van der Waals surface area contributed by atoms with E-state index in [-0.39, 0.29) is 11.9 Å². The third-order valence-electron chi connectivity index (χ3n) is 5.53. The highest BCUT2D eigenvalue weighted by Gasteiger charge is 2.18. The van der Waals surface area contributed by atoms with Crippen LogP contribution in [-0.4, -0.2) is 34.2 Å². The molecule has 6 heteroatoms. The monoisotopic (exact) mass is 416 g/mol. The second-order valence-corrected chi connectivity index (χ2v) is 8.04. The van der Waals surface area contributed by atoms with Crippen molar-refractivity contribution in [2.45, 2.75) is 33.4 Å². The number of carbonyl (C=O) groups is 1. The fraction of sp³-hybridized carbons (Fsp3) is 0.280. The van der Waals surface area contributed by atoms with Crippen LogP contribution in [0.5, 0.6) is 0 Å². The fourth-order valence-electron chi connectivity index (χ4n) is 3.87. The van der Waals surface area contributed by atoms with E-state index < -0.39 is 0 Å². The fourth-order valence-corrected chi connectivity index (χ4v) is 3.87. The summed E-state index contributed by atoms with van der Waals surface area (Å²) in [6.45, 7) is 6.96. The van der Waals surface area contributed by atoms with Gasteiger partial charge < -0.3 is 9.73 Å². The molecule has 0 saturated heterocycles. The van der Waals surface area contributed by atoms with Crippen LogP contribution in [-0.2, 0) is 11.3 Å². The molecule has 160 valence electrons. The lowest BCUT2D eigenvalue weighted by Crippen LogP contribution is -2.36. The van der Waals surface area contributed by atoms with Crippen LogP contribution < -0.4 is 5.32 Å². The molecule has 0 aliphatic heterocycles. The number of hydrogen-bond acceptors (Lipinski definition) is 4. The van der Waals surface area contributed by atoms with Crippen molar-refractivity contribution >= 4 is 16.9 Å². The number of nitrogens with one attached hydrogen (secondary N) is 1. The normalized spacial score (nSPS) is 12.4. The number of likely N-dealkylation sites (N-methyl/N-ethyl adjacent to an activating group) is 1. The van der Waals surface area contributed by atoms with Crippen LogP contribution in [0.15, 0.2) is 65.1 Å². The van der Waals surface area contributed by atoms with Crippen LogP contribution in [0.3, 0.4) is 0 Å². The maximum absolute atomic E-state index is 12.6. The number of rotatable bonds is 7. The van der Waals surface area contributed by atoms with Gasteiger partial charge in [-0.15, -0.1) is 0 Å².